The number of carbonyl (C=O) groups excluding carboxylic acids is 2. The summed E-state index contributed by atoms with van der Waals surface area (Å²) in [4.78, 5) is 42.7. The molecular weight excluding hydrogens is 440 g/mol. The van der Waals surface area contributed by atoms with E-state index in [0.29, 0.717) is 21.9 Å². The first kappa shape index (κ1) is 22.3. The van der Waals surface area contributed by atoms with Gasteiger partial charge in [-0.3, -0.25) is 9.59 Å². The fraction of sp³-hybridized carbons (Fsp3) is 0.208. The van der Waals surface area contributed by atoms with Gasteiger partial charge in [0.2, 0.25) is 4.96 Å². The van der Waals surface area contributed by atoms with Crippen molar-refractivity contribution in [2.24, 2.45) is 0 Å². The molecule has 2 heterocycles. The number of hydrogen-bond donors (Lipinski definition) is 1. The lowest BCUT2D eigenvalue weighted by Crippen LogP contribution is -2.18. The minimum atomic E-state index is -0.631. The number of para-hydroxylation sites is 1. The molecule has 0 aliphatic carbocycles. The lowest BCUT2D eigenvalue weighted by atomic mass is 10.1. The van der Waals surface area contributed by atoms with Crippen LogP contribution in [0.3, 0.4) is 0 Å². The molecule has 168 valence electrons. The maximum Gasteiger partial charge on any atom is 0.340 e. The summed E-state index contributed by atoms with van der Waals surface area (Å²) in [6.45, 7) is 3.70. The van der Waals surface area contributed by atoms with E-state index in [0.717, 1.165) is 23.4 Å². The smallest absolute Gasteiger partial charge is 0.340 e. The summed E-state index contributed by atoms with van der Waals surface area (Å²) in [6.07, 6.45) is 1.68. The summed E-state index contributed by atoms with van der Waals surface area (Å²) >= 11 is 1.34. The van der Waals surface area contributed by atoms with Crippen LogP contribution in [0.2, 0.25) is 0 Å². The Balaban J connectivity index is 1.50. The number of nitrogens with one attached hydrogen (secondary N) is 1. The number of ether oxygens (including phenoxy) is 1. The predicted octanol–water partition coefficient (Wildman–Crippen LogP) is 4.02. The van der Waals surface area contributed by atoms with E-state index in [-0.39, 0.29) is 23.6 Å². The Hall–Kier alpha value is -3.85. The van der Waals surface area contributed by atoms with Gasteiger partial charge < -0.3 is 10.1 Å². The van der Waals surface area contributed by atoms with Crippen LogP contribution in [0.5, 0.6) is 0 Å². The molecule has 33 heavy (non-hydrogen) atoms. The fourth-order valence-corrected chi connectivity index (χ4v) is 4.31. The van der Waals surface area contributed by atoms with Gasteiger partial charge in [0.15, 0.2) is 0 Å². The molecule has 9 heteroatoms. The van der Waals surface area contributed by atoms with E-state index in [1.807, 2.05) is 26.0 Å². The van der Waals surface area contributed by atoms with Crippen LogP contribution in [-0.2, 0) is 17.8 Å². The average Bonchev–Trinajstić information content (AvgIpc) is 3.21. The Morgan fingerprint density at radius 2 is 1.82 bits per heavy atom. The Kier molecular flexibility index (Phi) is 6.60. The fourth-order valence-electron chi connectivity index (χ4n) is 3.29. The van der Waals surface area contributed by atoms with Crippen molar-refractivity contribution in [2.75, 3.05) is 5.32 Å². The summed E-state index contributed by atoms with van der Waals surface area (Å²) in [6, 6.07) is 15.1. The number of carbonyl (C=O) groups is 2. The van der Waals surface area contributed by atoms with Gasteiger partial charge in [0, 0.05) is 18.1 Å². The van der Waals surface area contributed by atoms with Crippen LogP contribution in [0, 0.1) is 6.92 Å². The molecule has 4 rings (SSSR count). The second-order valence-electron chi connectivity index (χ2n) is 7.42. The lowest BCUT2D eigenvalue weighted by molar-refractivity contribution is 0.0469. The van der Waals surface area contributed by atoms with E-state index in [4.69, 9.17) is 4.74 Å². The van der Waals surface area contributed by atoms with Gasteiger partial charge in [0.05, 0.1) is 16.9 Å². The second kappa shape index (κ2) is 9.74. The summed E-state index contributed by atoms with van der Waals surface area (Å²) in [7, 11) is 0. The van der Waals surface area contributed by atoms with Gasteiger partial charge in [-0.1, -0.05) is 48.6 Å². The normalized spacial score (nSPS) is 10.8. The number of anilines is 1. The molecule has 0 radical (unpaired) electrons. The third-order valence-electron chi connectivity index (χ3n) is 4.94. The van der Waals surface area contributed by atoms with Crippen molar-refractivity contribution in [1.29, 1.82) is 0 Å². The molecule has 8 nitrogen and oxygen atoms in total. The number of fused-ring (bicyclic) bond motifs is 1. The van der Waals surface area contributed by atoms with Crippen molar-refractivity contribution in [3.8, 4) is 0 Å². The van der Waals surface area contributed by atoms with Gasteiger partial charge in [0.25, 0.3) is 11.5 Å². The minimum Gasteiger partial charge on any atom is -0.456 e. The van der Waals surface area contributed by atoms with Gasteiger partial charge in [0.1, 0.15) is 11.6 Å². The first-order chi connectivity index (χ1) is 16.0. The van der Waals surface area contributed by atoms with Gasteiger partial charge in [-0.05, 0) is 37.1 Å². The molecule has 0 atom stereocenters. The Morgan fingerprint density at radius 1 is 1.09 bits per heavy atom. The molecule has 2 aromatic carbocycles. The maximum atomic E-state index is 12.8. The SMILES string of the molecule is CCCc1nn2c(=O)cc(COC(=O)c3ccccc3NC(=O)c3ccccc3C)nc2s1. The van der Waals surface area contributed by atoms with Crippen LogP contribution in [0.1, 0.15) is 50.3 Å². The van der Waals surface area contributed by atoms with E-state index in [1.165, 1.54) is 21.9 Å². The standard InChI is InChI=1S/C24H22N4O4S/c1-3-8-20-27-28-21(29)13-16(25-24(28)33-20)14-32-23(31)18-11-6-7-12-19(18)26-22(30)17-10-5-4-9-15(17)2/h4-7,9-13H,3,8,14H2,1-2H3,(H,26,30). The zero-order valence-electron chi connectivity index (χ0n) is 18.2. The van der Waals surface area contributed by atoms with Crippen molar-refractivity contribution in [3.05, 3.63) is 92.3 Å². The third kappa shape index (κ3) is 4.98. The summed E-state index contributed by atoms with van der Waals surface area (Å²) < 4.78 is 6.67. The number of benzene rings is 2. The van der Waals surface area contributed by atoms with Crippen LogP contribution >= 0.6 is 11.3 Å². The van der Waals surface area contributed by atoms with E-state index < -0.39 is 5.97 Å². The number of hydrogen-bond acceptors (Lipinski definition) is 7. The number of nitrogens with zero attached hydrogens (tertiary/aromatic N) is 3. The van der Waals surface area contributed by atoms with Crippen molar-refractivity contribution < 1.29 is 14.3 Å². The van der Waals surface area contributed by atoms with Crippen LogP contribution < -0.4 is 10.9 Å². The molecule has 2 aromatic heterocycles. The molecule has 4 aromatic rings. The van der Waals surface area contributed by atoms with Crippen LogP contribution in [0.4, 0.5) is 5.69 Å². The molecule has 0 fully saturated rings. The van der Waals surface area contributed by atoms with Crippen molar-refractivity contribution in [1.82, 2.24) is 14.6 Å². The van der Waals surface area contributed by atoms with Crippen LogP contribution in [0.15, 0.2) is 59.4 Å². The minimum absolute atomic E-state index is 0.175. The summed E-state index contributed by atoms with van der Waals surface area (Å²) in [5.74, 6) is -0.949. The van der Waals surface area contributed by atoms with Gasteiger partial charge in [-0.15, -0.1) is 0 Å². The number of aryl methyl sites for hydroxylation is 2. The van der Waals surface area contributed by atoms with Gasteiger partial charge in [-0.25, -0.2) is 9.78 Å². The van der Waals surface area contributed by atoms with Gasteiger partial charge >= 0.3 is 5.97 Å². The highest BCUT2D eigenvalue weighted by atomic mass is 32.1. The topological polar surface area (TPSA) is 103 Å². The summed E-state index contributed by atoms with van der Waals surface area (Å²) in [5, 5.41) is 7.88. The molecule has 0 unspecified atom stereocenters. The highest BCUT2D eigenvalue weighted by Gasteiger charge is 2.17. The van der Waals surface area contributed by atoms with Crippen LogP contribution in [0.25, 0.3) is 4.96 Å². The molecule has 0 aliphatic heterocycles. The second-order valence-corrected chi connectivity index (χ2v) is 8.46. The molecule has 0 spiro atoms. The largest absolute Gasteiger partial charge is 0.456 e. The number of aromatic nitrogens is 3. The number of esters is 1. The average molecular weight is 463 g/mol. The van der Waals surface area contributed by atoms with Crippen molar-refractivity contribution >= 4 is 33.9 Å². The van der Waals surface area contributed by atoms with Crippen molar-refractivity contribution in [3.63, 3.8) is 0 Å². The molecular formula is C24H22N4O4S. The van der Waals surface area contributed by atoms with E-state index in [1.54, 1.807) is 36.4 Å². The van der Waals surface area contributed by atoms with Gasteiger partial charge in [-0.2, -0.15) is 9.61 Å². The maximum absolute atomic E-state index is 12.8. The molecule has 1 amide bonds. The molecule has 1 N–H and O–H groups in total. The van der Waals surface area contributed by atoms with Crippen molar-refractivity contribution in [2.45, 2.75) is 33.3 Å². The Labute approximate surface area is 193 Å². The predicted molar refractivity (Wildman–Crippen MR) is 126 cm³/mol. The lowest BCUT2D eigenvalue weighted by Gasteiger charge is -2.12. The molecule has 0 bridgehead atoms. The first-order valence-electron chi connectivity index (χ1n) is 10.5. The van der Waals surface area contributed by atoms with E-state index in [9.17, 15) is 14.4 Å². The highest BCUT2D eigenvalue weighted by Crippen LogP contribution is 2.19. The Morgan fingerprint density at radius 3 is 2.58 bits per heavy atom. The first-order valence-corrected chi connectivity index (χ1v) is 11.3. The zero-order valence-corrected chi connectivity index (χ0v) is 19.0. The van der Waals surface area contributed by atoms with Crippen LogP contribution in [-0.4, -0.2) is 26.5 Å². The number of amides is 1. The quantitative estimate of drug-likeness (QED) is 0.416. The zero-order chi connectivity index (χ0) is 23.4. The highest BCUT2D eigenvalue weighted by molar-refractivity contribution is 7.16. The third-order valence-corrected chi connectivity index (χ3v) is 5.91. The molecule has 0 saturated heterocycles. The molecule has 0 aliphatic rings. The van der Waals surface area contributed by atoms with E-state index in [2.05, 4.69) is 15.4 Å². The van der Waals surface area contributed by atoms with E-state index >= 15 is 0 Å². The summed E-state index contributed by atoms with van der Waals surface area (Å²) in [5.41, 5.74) is 1.90. The Bertz CT molecular complexity index is 1390. The molecule has 0 saturated carbocycles. The number of rotatable bonds is 7. The monoisotopic (exact) mass is 462 g/mol.